The van der Waals surface area contributed by atoms with E-state index in [9.17, 15) is 17.2 Å². The highest BCUT2D eigenvalue weighted by Gasteiger charge is 2.24. The average molecular weight is 593 g/mol. The summed E-state index contributed by atoms with van der Waals surface area (Å²) in [6, 6.07) is 17.3. The van der Waals surface area contributed by atoms with Gasteiger partial charge in [0.2, 0.25) is 11.8 Å². The predicted molar refractivity (Wildman–Crippen MR) is 155 cm³/mol. The van der Waals surface area contributed by atoms with Crippen molar-refractivity contribution in [3.8, 4) is 22.7 Å². The van der Waals surface area contributed by atoms with Crippen LogP contribution in [-0.4, -0.2) is 56.4 Å². The van der Waals surface area contributed by atoms with E-state index in [-0.39, 0.29) is 10.8 Å². The molecule has 1 fully saturated rings. The standard InChI is InChI=1S/C29H26F2N6O4S/c1-40-28-27(42(38,39)35-24-9-3-20(30)16-23(24)31)15-19(17-33-28)18-2-8-25-26(14-18)37(29(32)34-25)22-6-4-21(5-7-22)36-10-12-41-13-11-36/h2-9,14-17,35H,10-13H2,1H3,(H2,32,34). The summed E-state index contributed by atoms with van der Waals surface area (Å²) in [5, 5.41) is 0. The molecule has 42 heavy (non-hydrogen) atoms. The number of aromatic nitrogens is 3. The zero-order valence-electron chi connectivity index (χ0n) is 22.4. The lowest BCUT2D eigenvalue weighted by molar-refractivity contribution is 0.122. The number of hydrogen-bond acceptors (Lipinski definition) is 8. The van der Waals surface area contributed by atoms with Crippen molar-refractivity contribution in [3.05, 3.63) is 84.6 Å². The van der Waals surface area contributed by atoms with Gasteiger partial charge in [-0.25, -0.2) is 27.2 Å². The molecule has 2 aromatic heterocycles. The third kappa shape index (κ3) is 5.19. The molecular weight excluding hydrogens is 566 g/mol. The molecule has 0 amide bonds. The first-order valence-corrected chi connectivity index (χ1v) is 14.5. The van der Waals surface area contributed by atoms with Crippen LogP contribution in [0.2, 0.25) is 0 Å². The Morgan fingerprint density at radius 3 is 2.40 bits per heavy atom. The molecule has 0 radical (unpaired) electrons. The molecule has 216 valence electrons. The minimum Gasteiger partial charge on any atom is -0.480 e. The minimum absolute atomic E-state index is 0.190. The molecule has 0 atom stereocenters. The number of halogens is 2. The number of benzene rings is 3. The van der Waals surface area contributed by atoms with E-state index in [0.29, 0.717) is 47.4 Å². The maximum absolute atomic E-state index is 14.2. The summed E-state index contributed by atoms with van der Waals surface area (Å²) in [4.78, 5) is 10.6. The van der Waals surface area contributed by atoms with Crippen molar-refractivity contribution in [1.29, 1.82) is 0 Å². The lowest BCUT2D eigenvalue weighted by atomic mass is 10.1. The number of sulfonamides is 1. The maximum atomic E-state index is 14.2. The van der Waals surface area contributed by atoms with Crippen molar-refractivity contribution in [2.24, 2.45) is 0 Å². The quantitative estimate of drug-likeness (QED) is 0.281. The van der Waals surface area contributed by atoms with Gasteiger partial charge in [-0.3, -0.25) is 9.29 Å². The van der Waals surface area contributed by atoms with E-state index in [1.54, 1.807) is 12.1 Å². The van der Waals surface area contributed by atoms with Gasteiger partial charge in [-0.2, -0.15) is 0 Å². The molecule has 0 spiro atoms. The summed E-state index contributed by atoms with van der Waals surface area (Å²) in [5.74, 6) is -1.79. The fourth-order valence-electron chi connectivity index (χ4n) is 4.89. The second-order valence-corrected chi connectivity index (χ2v) is 11.2. The van der Waals surface area contributed by atoms with Gasteiger partial charge in [-0.15, -0.1) is 0 Å². The van der Waals surface area contributed by atoms with Crippen molar-refractivity contribution in [3.63, 3.8) is 0 Å². The van der Waals surface area contributed by atoms with Gasteiger partial charge >= 0.3 is 0 Å². The number of nitrogens with one attached hydrogen (secondary N) is 1. The molecule has 0 aliphatic carbocycles. The van der Waals surface area contributed by atoms with E-state index in [1.165, 1.54) is 19.4 Å². The summed E-state index contributed by atoms with van der Waals surface area (Å²) in [6.07, 6.45) is 1.47. The van der Waals surface area contributed by atoms with Crippen LogP contribution in [0.1, 0.15) is 0 Å². The number of nitrogens with zero attached hydrogens (tertiary/aromatic N) is 4. The lowest BCUT2D eigenvalue weighted by Crippen LogP contribution is -2.36. The van der Waals surface area contributed by atoms with Crippen molar-refractivity contribution >= 4 is 38.4 Å². The number of imidazole rings is 1. The van der Waals surface area contributed by atoms with Gasteiger partial charge in [-0.1, -0.05) is 6.07 Å². The predicted octanol–water partition coefficient (Wildman–Crippen LogP) is 4.59. The first kappa shape index (κ1) is 27.4. The normalized spacial score (nSPS) is 13.8. The third-order valence-corrected chi connectivity index (χ3v) is 8.33. The number of anilines is 3. The number of methoxy groups -OCH3 is 1. The molecule has 3 N–H and O–H groups in total. The number of fused-ring (bicyclic) bond motifs is 1. The first-order valence-electron chi connectivity index (χ1n) is 13.0. The summed E-state index contributed by atoms with van der Waals surface area (Å²) in [7, 11) is -3.10. The molecule has 1 saturated heterocycles. The topological polar surface area (TPSA) is 125 Å². The van der Waals surface area contributed by atoms with Crippen LogP contribution >= 0.6 is 0 Å². The molecule has 0 unspecified atom stereocenters. The number of nitrogen functional groups attached to an aromatic ring is 1. The summed E-state index contributed by atoms with van der Waals surface area (Å²) in [6.45, 7) is 3.01. The smallest absolute Gasteiger partial charge is 0.267 e. The van der Waals surface area contributed by atoms with E-state index < -0.39 is 27.3 Å². The zero-order valence-corrected chi connectivity index (χ0v) is 23.2. The van der Waals surface area contributed by atoms with E-state index in [1.807, 2.05) is 34.9 Å². The van der Waals surface area contributed by atoms with Crippen LogP contribution in [-0.2, 0) is 14.8 Å². The molecule has 1 aliphatic rings. The van der Waals surface area contributed by atoms with Gasteiger partial charge in [-0.05, 0) is 60.2 Å². The third-order valence-electron chi connectivity index (χ3n) is 6.97. The number of rotatable bonds is 7. The van der Waals surface area contributed by atoms with Crippen molar-refractivity contribution in [2.45, 2.75) is 4.90 Å². The van der Waals surface area contributed by atoms with Crippen molar-refractivity contribution in [1.82, 2.24) is 14.5 Å². The number of morpholine rings is 1. The van der Waals surface area contributed by atoms with E-state index >= 15 is 0 Å². The highest BCUT2D eigenvalue weighted by molar-refractivity contribution is 7.92. The number of ether oxygens (including phenoxy) is 2. The number of nitrogens with two attached hydrogens (primary N) is 1. The molecule has 10 nitrogen and oxygen atoms in total. The molecule has 6 rings (SSSR count). The largest absolute Gasteiger partial charge is 0.480 e. The molecule has 0 bridgehead atoms. The molecule has 1 aliphatic heterocycles. The Labute approximate surface area is 240 Å². The Kier molecular flexibility index (Phi) is 7.12. The fraction of sp³-hybridized carbons (Fsp3) is 0.172. The van der Waals surface area contributed by atoms with E-state index in [4.69, 9.17) is 15.2 Å². The second kappa shape index (κ2) is 10.9. The van der Waals surface area contributed by atoms with Gasteiger partial charge in [0.25, 0.3) is 10.0 Å². The van der Waals surface area contributed by atoms with Crippen LogP contribution in [0, 0.1) is 11.6 Å². The van der Waals surface area contributed by atoms with Crippen LogP contribution in [0.4, 0.5) is 26.1 Å². The lowest BCUT2D eigenvalue weighted by Gasteiger charge is -2.29. The van der Waals surface area contributed by atoms with E-state index in [0.717, 1.165) is 36.6 Å². The van der Waals surface area contributed by atoms with Crippen LogP contribution in [0.25, 0.3) is 27.8 Å². The highest BCUT2D eigenvalue weighted by atomic mass is 32.2. The van der Waals surface area contributed by atoms with Gasteiger partial charge in [0.05, 0.1) is 37.0 Å². The Bertz CT molecular complexity index is 1890. The Balaban J connectivity index is 1.37. The SMILES string of the molecule is COc1ncc(-c2ccc3nc(N)n(-c4ccc(N5CCOCC5)cc4)c3c2)cc1S(=O)(=O)Nc1ccc(F)cc1F. The Morgan fingerprint density at radius 2 is 1.69 bits per heavy atom. The summed E-state index contributed by atoms with van der Waals surface area (Å²) in [5.41, 5.74) is 10.2. The minimum atomic E-state index is -4.37. The van der Waals surface area contributed by atoms with Crippen molar-refractivity contribution < 1.29 is 26.7 Å². The Morgan fingerprint density at radius 1 is 0.952 bits per heavy atom. The van der Waals surface area contributed by atoms with Gasteiger partial charge in [0.1, 0.15) is 16.5 Å². The maximum Gasteiger partial charge on any atom is 0.267 e. The first-order chi connectivity index (χ1) is 20.2. The van der Waals surface area contributed by atoms with Gasteiger partial charge in [0, 0.05) is 42.3 Å². The number of pyridine rings is 1. The zero-order chi connectivity index (χ0) is 29.4. The van der Waals surface area contributed by atoms with Crippen LogP contribution < -0.4 is 20.1 Å². The molecule has 5 aromatic rings. The molecule has 3 aromatic carbocycles. The van der Waals surface area contributed by atoms with Gasteiger partial charge in [0.15, 0.2) is 0 Å². The molecule has 13 heteroatoms. The second-order valence-electron chi connectivity index (χ2n) is 9.59. The highest BCUT2D eigenvalue weighted by Crippen LogP contribution is 2.33. The number of hydrogen-bond donors (Lipinski definition) is 2. The molecule has 3 heterocycles. The van der Waals surface area contributed by atoms with Crippen LogP contribution in [0.15, 0.2) is 77.8 Å². The summed E-state index contributed by atoms with van der Waals surface area (Å²) >= 11 is 0. The molecule has 0 saturated carbocycles. The van der Waals surface area contributed by atoms with Gasteiger partial charge < -0.3 is 20.1 Å². The van der Waals surface area contributed by atoms with E-state index in [2.05, 4.69) is 19.6 Å². The van der Waals surface area contributed by atoms with Crippen molar-refractivity contribution in [2.75, 3.05) is 48.8 Å². The fourth-order valence-corrected chi connectivity index (χ4v) is 6.10. The van der Waals surface area contributed by atoms with Crippen LogP contribution in [0.5, 0.6) is 5.88 Å². The molecular formula is C29H26F2N6O4S. The average Bonchev–Trinajstić information content (AvgIpc) is 3.33. The van der Waals surface area contributed by atoms with Crippen LogP contribution in [0.3, 0.4) is 0 Å². The monoisotopic (exact) mass is 592 g/mol. The Hall–Kier alpha value is -4.75. The summed E-state index contributed by atoms with van der Waals surface area (Å²) < 4.78 is 68.7.